The molecule has 0 aliphatic rings. The van der Waals surface area contributed by atoms with Crippen molar-refractivity contribution in [2.24, 2.45) is 0 Å². The summed E-state index contributed by atoms with van der Waals surface area (Å²) < 4.78 is 2.05. The van der Waals surface area contributed by atoms with Crippen LogP contribution in [0.4, 0.5) is 0 Å². The van der Waals surface area contributed by atoms with Crippen molar-refractivity contribution in [3.05, 3.63) is 90.0 Å². The van der Waals surface area contributed by atoms with Gasteiger partial charge in [0.1, 0.15) is 0 Å². The summed E-state index contributed by atoms with van der Waals surface area (Å²) in [5, 5.41) is 16.6. The van der Waals surface area contributed by atoms with Crippen LogP contribution in [-0.2, 0) is 12.1 Å². The van der Waals surface area contributed by atoms with E-state index in [0.717, 1.165) is 27.7 Å². The van der Waals surface area contributed by atoms with E-state index in [1.807, 2.05) is 53.2 Å². The maximum atomic E-state index is 10.6. The molecule has 0 unspecified atom stereocenters. The van der Waals surface area contributed by atoms with Gasteiger partial charge in [-0.1, -0.05) is 78.9 Å². The molecule has 26 heavy (non-hydrogen) atoms. The highest BCUT2D eigenvalue weighted by molar-refractivity contribution is 5.95. The molecular weight excluding hydrogens is 320 g/mol. The molecule has 0 bridgehead atoms. The highest BCUT2D eigenvalue weighted by Crippen LogP contribution is 2.34. The molecule has 3 nitrogen and oxygen atoms in total. The van der Waals surface area contributed by atoms with Crippen LogP contribution < -0.4 is 0 Å². The predicted octanol–water partition coefficient (Wildman–Crippen LogP) is 4.98. The molecule has 3 heteroatoms. The van der Waals surface area contributed by atoms with Gasteiger partial charge in [-0.15, -0.1) is 0 Å². The Bertz CT molecular complexity index is 1030. The smallest absolute Gasteiger partial charge is 0.0990 e. The van der Waals surface area contributed by atoms with E-state index in [9.17, 15) is 5.11 Å². The third-order valence-electron chi connectivity index (χ3n) is 4.65. The monoisotopic (exact) mass is 342 g/mol. The molecule has 0 atom stereocenters. The molecule has 0 radical (unpaired) electrons. The summed E-state index contributed by atoms with van der Waals surface area (Å²) in [6.45, 7) is 4.30. The number of nitrogens with zero attached hydrogens (tertiary/aromatic N) is 2. The molecule has 0 amide bonds. The van der Waals surface area contributed by atoms with Crippen molar-refractivity contribution in [3.63, 3.8) is 0 Å². The van der Waals surface area contributed by atoms with Gasteiger partial charge in [0.15, 0.2) is 0 Å². The normalized spacial score (nSPS) is 11.8. The van der Waals surface area contributed by atoms with Crippen molar-refractivity contribution in [3.8, 4) is 11.3 Å². The molecule has 0 saturated carbocycles. The average Bonchev–Trinajstić information content (AvgIpc) is 3.00. The van der Waals surface area contributed by atoms with Gasteiger partial charge >= 0.3 is 0 Å². The summed E-state index contributed by atoms with van der Waals surface area (Å²) in [7, 11) is 0. The minimum Gasteiger partial charge on any atom is -0.386 e. The maximum absolute atomic E-state index is 10.6. The fourth-order valence-corrected chi connectivity index (χ4v) is 3.42. The number of benzene rings is 3. The summed E-state index contributed by atoms with van der Waals surface area (Å²) in [5.74, 6) is 0. The third-order valence-corrected chi connectivity index (χ3v) is 4.65. The number of aliphatic hydroxyl groups is 1. The Balaban J connectivity index is 1.97. The van der Waals surface area contributed by atoms with E-state index in [0.29, 0.717) is 6.54 Å². The van der Waals surface area contributed by atoms with Crippen molar-refractivity contribution < 1.29 is 5.11 Å². The molecule has 130 valence electrons. The number of rotatable bonds is 4. The summed E-state index contributed by atoms with van der Waals surface area (Å²) in [5.41, 5.74) is 4.16. The Morgan fingerprint density at radius 2 is 1.50 bits per heavy atom. The van der Waals surface area contributed by atoms with Crippen molar-refractivity contribution in [1.29, 1.82) is 0 Å². The number of hydrogen-bond donors (Lipinski definition) is 1. The van der Waals surface area contributed by atoms with Crippen LogP contribution in [0.15, 0.2) is 78.9 Å². The summed E-state index contributed by atoms with van der Waals surface area (Å²) in [6, 6.07) is 26.7. The third kappa shape index (κ3) is 3.02. The van der Waals surface area contributed by atoms with E-state index in [1.165, 1.54) is 5.56 Å². The molecule has 1 heterocycles. The van der Waals surface area contributed by atoms with Gasteiger partial charge < -0.3 is 5.11 Å². The van der Waals surface area contributed by atoms with Crippen LogP contribution in [0.3, 0.4) is 0 Å². The first-order chi connectivity index (χ1) is 12.5. The highest BCUT2D eigenvalue weighted by Gasteiger charge is 2.23. The van der Waals surface area contributed by atoms with Gasteiger partial charge in [-0.3, -0.25) is 4.68 Å². The van der Waals surface area contributed by atoms with E-state index in [2.05, 4.69) is 30.3 Å². The Kier molecular flexibility index (Phi) is 4.09. The Morgan fingerprint density at radius 1 is 0.846 bits per heavy atom. The maximum Gasteiger partial charge on any atom is 0.0990 e. The van der Waals surface area contributed by atoms with E-state index < -0.39 is 5.60 Å². The number of aromatic nitrogens is 2. The summed E-state index contributed by atoms with van der Waals surface area (Å²) in [6.07, 6.45) is 0. The van der Waals surface area contributed by atoms with Gasteiger partial charge in [0.2, 0.25) is 0 Å². The SMILES string of the molecule is CC(C)(O)c1cccc2c(-c3ccccc3)n(Cc3ccccc3)nc12. The lowest BCUT2D eigenvalue weighted by Gasteiger charge is -2.17. The van der Waals surface area contributed by atoms with Crippen LogP contribution in [0.25, 0.3) is 22.2 Å². The quantitative estimate of drug-likeness (QED) is 0.568. The van der Waals surface area contributed by atoms with Gasteiger partial charge in [-0.2, -0.15) is 5.10 Å². The molecule has 0 spiro atoms. The van der Waals surface area contributed by atoms with E-state index in [1.54, 1.807) is 13.8 Å². The van der Waals surface area contributed by atoms with Gasteiger partial charge in [-0.05, 0) is 19.4 Å². The zero-order chi connectivity index (χ0) is 18.1. The zero-order valence-corrected chi connectivity index (χ0v) is 15.1. The van der Waals surface area contributed by atoms with Gasteiger partial charge in [-0.25, -0.2) is 0 Å². The zero-order valence-electron chi connectivity index (χ0n) is 15.1. The minimum absolute atomic E-state index is 0.686. The Labute approximate surface area is 153 Å². The molecular formula is C23H22N2O. The van der Waals surface area contributed by atoms with Gasteiger partial charge in [0.05, 0.1) is 23.4 Å². The number of hydrogen-bond acceptors (Lipinski definition) is 2. The van der Waals surface area contributed by atoms with Gasteiger partial charge in [0, 0.05) is 16.5 Å². The van der Waals surface area contributed by atoms with E-state index in [-0.39, 0.29) is 0 Å². The first kappa shape index (κ1) is 16.6. The van der Waals surface area contributed by atoms with Crippen molar-refractivity contribution in [1.82, 2.24) is 9.78 Å². The average molecular weight is 342 g/mol. The largest absolute Gasteiger partial charge is 0.386 e. The lowest BCUT2D eigenvalue weighted by molar-refractivity contribution is 0.0800. The predicted molar refractivity (Wildman–Crippen MR) is 106 cm³/mol. The van der Waals surface area contributed by atoms with Crippen LogP contribution in [0.2, 0.25) is 0 Å². The molecule has 0 aliphatic heterocycles. The molecule has 4 rings (SSSR count). The van der Waals surface area contributed by atoms with Crippen molar-refractivity contribution >= 4 is 10.9 Å². The first-order valence-electron chi connectivity index (χ1n) is 8.86. The molecule has 1 aromatic heterocycles. The lowest BCUT2D eigenvalue weighted by Crippen LogP contribution is -2.16. The molecule has 1 N–H and O–H groups in total. The summed E-state index contributed by atoms with van der Waals surface area (Å²) in [4.78, 5) is 0. The molecule has 4 aromatic rings. The summed E-state index contributed by atoms with van der Waals surface area (Å²) >= 11 is 0. The van der Waals surface area contributed by atoms with Crippen molar-refractivity contribution in [2.45, 2.75) is 26.0 Å². The van der Waals surface area contributed by atoms with Crippen LogP contribution in [0, 0.1) is 0 Å². The fraction of sp³-hybridized carbons (Fsp3) is 0.174. The minimum atomic E-state index is -0.945. The molecule has 0 saturated heterocycles. The van der Waals surface area contributed by atoms with Crippen LogP contribution in [0.5, 0.6) is 0 Å². The lowest BCUT2D eigenvalue weighted by atomic mass is 9.95. The highest BCUT2D eigenvalue weighted by atomic mass is 16.3. The second-order valence-corrected chi connectivity index (χ2v) is 7.12. The molecule has 0 fully saturated rings. The standard InChI is InChI=1S/C23H22N2O/c1-23(2,26)20-15-9-14-19-21(20)24-25(16-17-10-5-3-6-11-17)22(19)18-12-7-4-8-13-18/h3-15,26H,16H2,1-2H3. The van der Waals surface area contributed by atoms with Crippen LogP contribution in [-0.4, -0.2) is 14.9 Å². The second kappa shape index (κ2) is 6.43. The van der Waals surface area contributed by atoms with Crippen LogP contribution >= 0.6 is 0 Å². The number of fused-ring (bicyclic) bond motifs is 1. The van der Waals surface area contributed by atoms with Crippen molar-refractivity contribution in [2.75, 3.05) is 0 Å². The topological polar surface area (TPSA) is 38.0 Å². The molecule has 3 aromatic carbocycles. The fourth-order valence-electron chi connectivity index (χ4n) is 3.42. The van der Waals surface area contributed by atoms with Gasteiger partial charge in [0.25, 0.3) is 0 Å². The van der Waals surface area contributed by atoms with E-state index >= 15 is 0 Å². The van der Waals surface area contributed by atoms with Crippen LogP contribution in [0.1, 0.15) is 25.0 Å². The van der Waals surface area contributed by atoms with E-state index in [4.69, 9.17) is 5.10 Å². The molecule has 0 aliphatic carbocycles. The first-order valence-corrected chi connectivity index (χ1v) is 8.86. The Hall–Kier alpha value is -2.91. The second-order valence-electron chi connectivity index (χ2n) is 7.12. The Morgan fingerprint density at radius 3 is 2.15 bits per heavy atom.